The Balaban J connectivity index is 1.67. The predicted molar refractivity (Wildman–Crippen MR) is 107 cm³/mol. The molecule has 0 fully saturated rings. The van der Waals surface area contributed by atoms with E-state index in [2.05, 4.69) is 27.8 Å². The van der Waals surface area contributed by atoms with Gasteiger partial charge < -0.3 is 14.6 Å². The van der Waals surface area contributed by atoms with Crippen molar-refractivity contribution in [2.45, 2.75) is 25.2 Å². The lowest BCUT2D eigenvalue weighted by Crippen LogP contribution is -2.40. The smallest absolute Gasteiger partial charge is 0.159 e. The Morgan fingerprint density at radius 2 is 1.85 bits per heavy atom. The summed E-state index contributed by atoms with van der Waals surface area (Å²) in [6.07, 6.45) is 2.32. The molecule has 5 heteroatoms. The molecule has 0 saturated carbocycles. The minimum Gasteiger partial charge on any atom is -0.484 e. The Morgan fingerprint density at radius 3 is 2.48 bits per heavy atom. The molecule has 0 bridgehead atoms. The Morgan fingerprint density at radius 1 is 1.15 bits per heavy atom. The van der Waals surface area contributed by atoms with Crippen LogP contribution in [-0.2, 0) is 4.74 Å². The number of aliphatic hydroxyl groups is 1. The van der Waals surface area contributed by atoms with Gasteiger partial charge in [0.1, 0.15) is 24.1 Å². The number of carbonyl (C=O) groups excluding carboxylic acids is 1. The summed E-state index contributed by atoms with van der Waals surface area (Å²) in [5.74, 6) is 6.72. The molecule has 0 amide bonds. The SMILES string of the molecule is CC(=O)c1ccc(O[C@H]2C=C[C@@H](C#Cc3ccc(Br)cc3)O[C@@H]2CO)cc1. The minimum absolute atomic E-state index is 0.00266. The number of hydrogen-bond donors (Lipinski definition) is 1. The third kappa shape index (κ3) is 5.30. The topological polar surface area (TPSA) is 55.8 Å². The zero-order chi connectivity index (χ0) is 19.2. The standard InChI is InChI=1S/C22H19BrO4/c1-15(25)17-5-10-20(11-6-17)26-21-13-12-19(27-22(21)14-24)9-4-16-2-7-18(23)8-3-16/h2-3,5-8,10-13,19,21-22,24H,14H2,1H3/t19-,21+,22-/m1/s1. The van der Waals surface area contributed by atoms with Crippen molar-refractivity contribution in [3.05, 3.63) is 76.3 Å². The first-order chi connectivity index (χ1) is 13.0. The molecule has 1 heterocycles. The van der Waals surface area contributed by atoms with Gasteiger partial charge in [-0.1, -0.05) is 27.8 Å². The zero-order valence-corrected chi connectivity index (χ0v) is 16.3. The van der Waals surface area contributed by atoms with Crippen LogP contribution < -0.4 is 4.74 Å². The van der Waals surface area contributed by atoms with E-state index in [-0.39, 0.29) is 12.4 Å². The third-order valence-corrected chi connectivity index (χ3v) is 4.61. The summed E-state index contributed by atoms with van der Waals surface area (Å²) in [6.45, 7) is 1.34. The van der Waals surface area contributed by atoms with Gasteiger partial charge in [-0.25, -0.2) is 0 Å². The highest BCUT2D eigenvalue weighted by Crippen LogP contribution is 2.21. The number of aliphatic hydroxyl groups excluding tert-OH is 1. The van der Waals surface area contributed by atoms with Crippen molar-refractivity contribution in [1.29, 1.82) is 0 Å². The van der Waals surface area contributed by atoms with Crippen LogP contribution in [0.5, 0.6) is 5.75 Å². The lowest BCUT2D eigenvalue weighted by atomic mass is 10.1. The molecule has 138 valence electrons. The third-order valence-electron chi connectivity index (χ3n) is 4.08. The van der Waals surface area contributed by atoms with Crippen LogP contribution in [0.1, 0.15) is 22.8 Å². The molecule has 27 heavy (non-hydrogen) atoms. The van der Waals surface area contributed by atoms with Crippen LogP contribution >= 0.6 is 15.9 Å². The average molecular weight is 427 g/mol. The molecule has 0 aliphatic carbocycles. The van der Waals surface area contributed by atoms with E-state index < -0.39 is 18.3 Å². The Kier molecular flexibility index (Phi) is 6.46. The van der Waals surface area contributed by atoms with Gasteiger partial charge in [-0.15, -0.1) is 0 Å². The van der Waals surface area contributed by atoms with Gasteiger partial charge in [0.05, 0.1) is 6.61 Å². The minimum atomic E-state index is -0.522. The second-order valence-electron chi connectivity index (χ2n) is 6.10. The van der Waals surface area contributed by atoms with Gasteiger partial charge in [0.15, 0.2) is 5.78 Å². The van der Waals surface area contributed by atoms with Gasteiger partial charge in [0.25, 0.3) is 0 Å². The molecule has 1 aliphatic rings. The van der Waals surface area contributed by atoms with Gasteiger partial charge in [-0.05, 0) is 67.6 Å². The fourth-order valence-electron chi connectivity index (χ4n) is 2.60. The van der Waals surface area contributed by atoms with E-state index in [0.29, 0.717) is 11.3 Å². The Bertz CT molecular complexity index is 875. The molecule has 3 atom stereocenters. The first kappa shape index (κ1) is 19.4. The first-order valence-electron chi connectivity index (χ1n) is 8.54. The Hall–Kier alpha value is -2.39. The van der Waals surface area contributed by atoms with E-state index >= 15 is 0 Å². The molecular formula is C22H19BrO4. The first-order valence-corrected chi connectivity index (χ1v) is 9.34. The maximum atomic E-state index is 11.3. The van der Waals surface area contributed by atoms with E-state index in [4.69, 9.17) is 9.47 Å². The number of carbonyl (C=O) groups is 1. The summed E-state index contributed by atoms with van der Waals surface area (Å²) in [4.78, 5) is 11.3. The summed E-state index contributed by atoms with van der Waals surface area (Å²) in [6, 6.07) is 14.6. The molecular weight excluding hydrogens is 408 g/mol. The van der Waals surface area contributed by atoms with Crippen molar-refractivity contribution in [3.63, 3.8) is 0 Å². The number of ketones is 1. The number of Topliss-reactive ketones (excluding diaryl/α,β-unsaturated/α-hetero) is 1. The summed E-state index contributed by atoms with van der Waals surface area (Å²) in [5, 5.41) is 9.65. The average Bonchev–Trinajstić information content (AvgIpc) is 2.68. The molecule has 4 nitrogen and oxygen atoms in total. The van der Waals surface area contributed by atoms with Crippen LogP contribution in [0, 0.1) is 11.8 Å². The largest absolute Gasteiger partial charge is 0.484 e. The quantitative estimate of drug-likeness (QED) is 0.459. The van der Waals surface area contributed by atoms with Crippen LogP contribution in [0.15, 0.2) is 65.2 Å². The van der Waals surface area contributed by atoms with Crippen molar-refractivity contribution in [2.24, 2.45) is 0 Å². The van der Waals surface area contributed by atoms with E-state index in [9.17, 15) is 9.90 Å². The fraction of sp³-hybridized carbons (Fsp3) is 0.227. The van der Waals surface area contributed by atoms with E-state index in [1.807, 2.05) is 36.4 Å². The van der Waals surface area contributed by atoms with Gasteiger partial charge in [-0.3, -0.25) is 4.79 Å². The zero-order valence-electron chi connectivity index (χ0n) is 14.8. The van der Waals surface area contributed by atoms with Crippen molar-refractivity contribution >= 4 is 21.7 Å². The maximum Gasteiger partial charge on any atom is 0.159 e. The molecule has 0 saturated heterocycles. The highest BCUT2D eigenvalue weighted by atomic mass is 79.9. The van der Waals surface area contributed by atoms with E-state index in [1.165, 1.54) is 6.92 Å². The number of hydrogen-bond acceptors (Lipinski definition) is 4. The summed E-state index contributed by atoms with van der Waals surface area (Å²) >= 11 is 3.39. The molecule has 1 aliphatic heterocycles. The van der Waals surface area contributed by atoms with Crippen molar-refractivity contribution in [1.82, 2.24) is 0 Å². The van der Waals surface area contributed by atoms with Crippen LogP contribution in [0.2, 0.25) is 0 Å². The second-order valence-corrected chi connectivity index (χ2v) is 7.02. The molecule has 2 aromatic carbocycles. The van der Waals surface area contributed by atoms with Crippen LogP contribution in [0.3, 0.4) is 0 Å². The maximum absolute atomic E-state index is 11.3. The summed E-state index contributed by atoms with van der Waals surface area (Å²) in [7, 11) is 0. The molecule has 0 radical (unpaired) electrons. The van der Waals surface area contributed by atoms with Crippen molar-refractivity contribution in [3.8, 4) is 17.6 Å². The monoisotopic (exact) mass is 426 g/mol. The molecule has 2 aromatic rings. The van der Waals surface area contributed by atoms with Crippen LogP contribution in [0.4, 0.5) is 0 Å². The van der Waals surface area contributed by atoms with E-state index in [0.717, 1.165) is 10.0 Å². The molecule has 1 N–H and O–H groups in total. The fourth-order valence-corrected chi connectivity index (χ4v) is 2.87. The summed E-state index contributed by atoms with van der Waals surface area (Å²) in [5.41, 5.74) is 1.51. The summed E-state index contributed by atoms with van der Waals surface area (Å²) < 4.78 is 12.7. The normalized spacial score (nSPS) is 21.2. The Labute approximate surface area is 166 Å². The van der Waals surface area contributed by atoms with Gasteiger partial charge in [0, 0.05) is 15.6 Å². The molecule has 0 unspecified atom stereocenters. The van der Waals surface area contributed by atoms with Gasteiger partial charge >= 0.3 is 0 Å². The highest BCUT2D eigenvalue weighted by Gasteiger charge is 2.27. The lowest BCUT2D eigenvalue weighted by molar-refractivity contribution is -0.0549. The predicted octanol–water partition coefficient (Wildman–Crippen LogP) is 3.77. The number of rotatable bonds is 4. The van der Waals surface area contributed by atoms with Crippen LogP contribution in [0.25, 0.3) is 0 Å². The highest BCUT2D eigenvalue weighted by molar-refractivity contribution is 9.10. The molecule has 0 spiro atoms. The number of benzene rings is 2. The van der Waals surface area contributed by atoms with Crippen molar-refractivity contribution in [2.75, 3.05) is 6.61 Å². The van der Waals surface area contributed by atoms with E-state index in [1.54, 1.807) is 24.3 Å². The molecule has 3 rings (SSSR count). The van der Waals surface area contributed by atoms with Gasteiger partial charge in [-0.2, -0.15) is 0 Å². The van der Waals surface area contributed by atoms with Crippen molar-refractivity contribution < 1.29 is 19.4 Å². The number of halogens is 1. The molecule has 0 aromatic heterocycles. The lowest BCUT2D eigenvalue weighted by Gasteiger charge is -2.29. The van der Waals surface area contributed by atoms with Crippen LogP contribution in [-0.4, -0.2) is 35.8 Å². The second kappa shape index (κ2) is 9.01. The number of ether oxygens (including phenoxy) is 2. The van der Waals surface area contributed by atoms with Gasteiger partial charge in [0.2, 0.25) is 0 Å².